The Morgan fingerprint density at radius 3 is 2.30 bits per heavy atom. The third-order valence-corrected chi connectivity index (χ3v) is 7.21. The van der Waals surface area contributed by atoms with Gasteiger partial charge in [-0.05, 0) is 74.7 Å². The van der Waals surface area contributed by atoms with Gasteiger partial charge in [-0.15, -0.1) is 0 Å². The number of nitrogens with zero attached hydrogens (tertiary/aromatic N) is 3. The van der Waals surface area contributed by atoms with Crippen molar-refractivity contribution in [3.8, 4) is 28.1 Å². The summed E-state index contributed by atoms with van der Waals surface area (Å²) < 4.78 is 5.68. The summed E-state index contributed by atoms with van der Waals surface area (Å²) in [5.41, 5.74) is 6.62. The zero-order valence-corrected chi connectivity index (χ0v) is 23.9. The maximum Gasteiger partial charge on any atom is 0.320 e. The van der Waals surface area contributed by atoms with Gasteiger partial charge in [0.1, 0.15) is 17.5 Å². The highest BCUT2D eigenvalue weighted by molar-refractivity contribution is 6.07. The maximum atomic E-state index is 12.3. The van der Waals surface area contributed by atoms with E-state index in [0.717, 1.165) is 54.7 Å². The zero-order chi connectivity index (χ0) is 30.8. The number of nitrogens with one attached hydrogen (secondary N) is 1. The zero-order valence-electron chi connectivity index (χ0n) is 23.9. The van der Waals surface area contributed by atoms with Gasteiger partial charge in [-0.2, -0.15) is 0 Å². The number of carboxylic acid groups (broad SMARTS) is 1. The van der Waals surface area contributed by atoms with Crippen LogP contribution < -0.4 is 16.0 Å². The first-order valence-corrected chi connectivity index (χ1v) is 14.0. The fourth-order valence-corrected chi connectivity index (χ4v) is 4.82. The van der Waals surface area contributed by atoms with Crippen molar-refractivity contribution in [2.24, 2.45) is 5.84 Å². The molecular weight excluding hydrogens is 550 g/mol. The number of unbranched alkanes of at least 4 members (excludes halogenated alkanes) is 1. The third kappa shape index (κ3) is 7.98. The highest BCUT2D eigenvalue weighted by Gasteiger charge is 2.26. The first-order chi connectivity index (χ1) is 20.8. The Kier molecular flexibility index (Phi) is 10.9. The molecule has 0 radical (unpaired) electrons. The number of carbonyl (C=O) groups is 3. The van der Waals surface area contributed by atoms with Crippen LogP contribution in [0.4, 0.5) is 0 Å². The summed E-state index contributed by atoms with van der Waals surface area (Å²) in [6.45, 7) is 1.67. The number of benzene rings is 2. The minimum Gasteiger partial charge on any atom is -0.494 e. The van der Waals surface area contributed by atoms with Crippen LogP contribution in [0, 0.1) is 0 Å². The second kappa shape index (κ2) is 15.0. The second-order valence-electron chi connectivity index (χ2n) is 10.1. The van der Waals surface area contributed by atoms with Crippen LogP contribution in [-0.4, -0.2) is 76.1 Å². The van der Waals surface area contributed by atoms with E-state index in [1.54, 1.807) is 12.1 Å². The molecule has 0 bridgehead atoms. The molecule has 0 aliphatic carbocycles. The molecule has 43 heavy (non-hydrogen) atoms. The van der Waals surface area contributed by atoms with Gasteiger partial charge in [0.05, 0.1) is 23.4 Å². The number of pyridine rings is 2. The molecule has 5 N–H and O–H groups in total. The van der Waals surface area contributed by atoms with Crippen molar-refractivity contribution in [3.63, 3.8) is 0 Å². The van der Waals surface area contributed by atoms with Gasteiger partial charge in [0, 0.05) is 23.8 Å². The molecule has 4 aromatic rings. The number of likely N-dealkylation sites (tertiary alicyclic amines) is 1. The second-order valence-corrected chi connectivity index (χ2v) is 10.1. The van der Waals surface area contributed by atoms with Crippen molar-refractivity contribution in [3.05, 3.63) is 78.1 Å². The topological polar surface area (TPSA) is 168 Å². The molecule has 1 fully saturated rings. The summed E-state index contributed by atoms with van der Waals surface area (Å²) >= 11 is 0. The standard InChI is InChI=1S/C26H24N4O4.C6H11NO2/c27-30-26(33)22-14-24(29-25-13-20(16-32)28-15-23(22)25)19-5-3-17(4-6-19)18-7-9-21(10-8-18)34-12-2-1-11-31;1-7-4-2-3-5(7)6(8)9/h3-10,13-16,31H,1-2,11-12,27H2,(H,30,33);5H,2-4H2,1H3,(H,8,9). The summed E-state index contributed by atoms with van der Waals surface area (Å²) in [7, 11) is 1.85. The first-order valence-electron chi connectivity index (χ1n) is 14.0. The van der Waals surface area contributed by atoms with Gasteiger partial charge in [-0.25, -0.2) is 10.8 Å². The number of nitrogen functional groups attached to an aromatic ring is 1. The summed E-state index contributed by atoms with van der Waals surface area (Å²) in [6.07, 6.45) is 5.45. The van der Waals surface area contributed by atoms with E-state index >= 15 is 0 Å². The van der Waals surface area contributed by atoms with Gasteiger partial charge in [-0.3, -0.25) is 29.7 Å². The van der Waals surface area contributed by atoms with Gasteiger partial charge in [0.15, 0.2) is 6.29 Å². The Morgan fingerprint density at radius 1 is 1.07 bits per heavy atom. The number of aromatic nitrogens is 2. The number of carbonyl (C=O) groups excluding carboxylic acids is 2. The molecule has 0 spiro atoms. The number of aldehydes is 1. The molecule has 1 atom stereocenters. The fraction of sp³-hybridized carbons (Fsp3) is 0.281. The van der Waals surface area contributed by atoms with E-state index in [1.807, 2.05) is 60.5 Å². The number of aliphatic hydroxyl groups is 1. The van der Waals surface area contributed by atoms with Crippen molar-refractivity contribution >= 4 is 29.1 Å². The molecule has 224 valence electrons. The first kappa shape index (κ1) is 31.2. The molecule has 1 aliphatic rings. The number of hydrogen-bond donors (Lipinski definition) is 4. The number of carboxylic acids is 1. The van der Waals surface area contributed by atoms with Gasteiger partial charge < -0.3 is 14.9 Å². The largest absolute Gasteiger partial charge is 0.494 e. The van der Waals surface area contributed by atoms with Gasteiger partial charge in [0.25, 0.3) is 5.91 Å². The number of aliphatic carboxylic acids is 1. The van der Waals surface area contributed by atoms with Crippen LogP contribution >= 0.6 is 0 Å². The average molecular weight is 586 g/mol. The van der Waals surface area contributed by atoms with Crippen molar-refractivity contribution in [1.82, 2.24) is 20.3 Å². The predicted octanol–water partition coefficient (Wildman–Crippen LogP) is 3.70. The number of fused-ring (bicyclic) bond motifs is 1. The molecule has 11 nitrogen and oxygen atoms in total. The van der Waals surface area contributed by atoms with Crippen LogP contribution in [0.2, 0.25) is 0 Å². The molecule has 1 unspecified atom stereocenters. The highest BCUT2D eigenvalue weighted by Crippen LogP contribution is 2.28. The molecule has 11 heteroatoms. The maximum absolute atomic E-state index is 12.3. The Labute approximate surface area is 249 Å². The summed E-state index contributed by atoms with van der Waals surface area (Å²) in [4.78, 5) is 44.4. The van der Waals surface area contributed by atoms with E-state index in [9.17, 15) is 14.4 Å². The number of ether oxygens (including phenoxy) is 1. The number of hydrazine groups is 1. The normalized spacial score (nSPS) is 14.5. The molecular formula is C32H35N5O6. The molecule has 1 amide bonds. The molecule has 2 aromatic carbocycles. The predicted molar refractivity (Wildman–Crippen MR) is 163 cm³/mol. The summed E-state index contributed by atoms with van der Waals surface area (Å²) in [6, 6.07) is 18.6. The summed E-state index contributed by atoms with van der Waals surface area (Å²) in [5.74, 6) is 4.99. The van der Waals surface area contributed by atoms with E-state index in [0.29, 0.717) is 35.1 Å². The smallest absolute Gasteiger partial charge is 0.320 e. The molecule has 1 saturated heterocycles. The lowest BCUT2D eigenvalue weighted by molar-refractivity contribution is -0.141. The fourth-order valence-electron chi connectivity index (χ4n) is 4.82. The molecule has 2 aromatic heterocycles. The van der Waals surface area contributed by atoms with Crippen LogP contribution in [0.25, 0.3) is 33.3 Å². The van der Waals surface area contributed by atoms with Crippen LogP contribution in [-0.2, 0) is 4.79 Å². The Morgan fingerprint density at radius 2 is 1.74 bits per heavy atom. The number of hydrogen-bond acceptors (Lipinski definition) is 9. The number of nitrogens with two attached hydrogens (primary N) is 1. The van der Waals surface area contributed by atoms with E-state index in [4.69, 9.17) is 20.8 Å². The van der Waals surface area contributed by atoms with Gasteiger partial charge >= 0.3 is 5.97 Å². The summed E-state index contributed by atoms with van der Waals surface area (Å²) in [5, 5.41) is 17.9. The van der Waals surface area contributed by atoms with Crippen molar-refractivity contribution in [1.29, 1.82) is 0 Å². The van der Waals surface area contributed by atoms with Gasteiger partial charge in [-0.1, -0.05) is 36.4 Å². The third-order valence-electron chi connectivity index (χ3n) is 7.21. The lowest BCUT2D eigenvalue weighted by atomic mass is 10.0. The van der Waals surface area contributed by atoms with Gasteiger partial charge in [0.2, 0.25) is 0 Å². The number of rotatable bonds is 10. The SMILES string of the molecule is CN1CCCC1C(=O)O.NNC(=O)c1cc(-c2ccc(-c3ccc(OCCCCO)cc3)cc2)nc2cc(C=O)ncc12. The van der Waals surface area contributed by atoms with E-state index in [1.165, 1.54) is 6.20 Å². The van der Waals surface area contributed by atoms with Crippen molar-refractivity contribution < 1.29 is 29.3 Å². The Hall–Kier alpha value is -4.71. The Balaban J connectivity index is 0.000000403. The monoisotopic (exact) mass is 585 g/mol. The minimum absolute atomic E-state index is 0.172. The van der Waals surface area contributed by atoms with E-state index < -0.39 is 11.9 Å². The molecule has 3 heterocycles. The van der Waals surface area contributed by atoms with Crippen LogP contribution in [0.1, 0.15) is 46.5 Å². The minimum atomic E-state index is -0.685. The lowest BCUT2D eigenvalue weighted by Crippen LogP contribution is -2.32. The van der Waals surface area contributed by atoms with Crippen LogP contribution in [0.5, 0.6) is 5.75 Å². The molecule has 5 rings (SSSR count). The number of likely N-dealkylation sites (N-methyl/N-ethyl adjacent to an activating group) is 1. The average Bonchev–Trinajstić information content (AvgIpc) is 3.48. The van der Waals surface area contributed by atoms with Crippen molar-refractivity contribution in [2.45, 2.75) is 31.7 Å². The number of amides is 1. The Bertz CT molecular complexity index is 1560. The molecule has 0 saturated carbocycles. The lowest BCUT2D eigenvalue weighted by Gasteiger charge is -2.13. The quantitative estimate of drug-likeness (QED) is 0.0708. The van der Waals surface area contributed by atoms with Crippen LogP contribution in [0.3, 0.4) is 0 Å². The molecule has 1 aliphatic heterocycles. The van der Waals surface area contributed by atoms with Crippen molar-refractivity contribution in [2.75, 3.05) is 26.8 Å². The van der Waals surface area contributed by atoms with Crippen LogP contribution in [0.15, 0.2) is 66.9 Å². The van der Waals surface area contributed by atoms with E-state index in [-0.39, 0.29) is 18.3 Å². The highest BCUT2D eigenvalue weighted by atomic mass is 16.5. The van der Waals surface area contributed by atoms with E-state index in [2.05, 4.69) is 15.4 Å². The number of aliphatic hydroxyl groups excluding tert-OH is 1.